The number of hydrogen-bond acceptors (Lipinski definition) is 4. The second kappa shape index (κ2) is 12.2. The van der Waals surface area contributed by atoms with E-state index in [0.717, 1.165) is 54.6 Å². The van der Waals surface area contributed by atoms with Crippen molar-refractivity contribution >= 4 is 23.6 Å². The number of unbranched alkanes of at least 4 members (excludes halogenated alkanes) is 3. The van der Waals surface area contributed by atoms with Gasteiger partial charge in [-0.15, -0.1) is 0 Å². The van der Waals surface area contributed by atoms with Crippen molar-refractivity contribution in [3.63, 3.8) is 0 Å². The minimum atomic E-state index is -5.02. The number of carbonyl (C=O) groups excluding carboxylic acids is 2. The monoisotopic (exact) mass is 473 g/mol. The fourth-order valence-corrected chi connectivity index (χ4v) is 3.81. The lowest BCUT2D eigenvalue weighted by atomic mass is 9.92. The Hall–Kier alpha value is -3.34. The Labute approximate surface area is 198 Å². The average Bonchev–Trinajstić information content (AvgIpc) is 2.80. The van der Waals surface area contributed by atoms with Crippen LogP contribution >= 0.6 is 0 Å². The zero-order valence-corrected chi connectivity index (χ0v) is 19.8. The molecule has 1 heterocycles. The van der Waals surface area contributed by atoms with E-state index in [-0.39, 0.29) is 6.54 Å². The lowest BCUT2D eigenvalue weighted by Crippen LogP contribution is -2.45. The number of amides is 2. The molecule has 0 spiro atoms. The van der Waals surface area contributed by atoms with Gasteiger partial charge in [0.05, 0.1) is 11.1 Å². The molecule has 0 bridgehead atoms. The van der Waals surface area contributed by atoms with E-state index in [2.05, 4.69) is 4.90 Å². The van der Waals surface area contributed by atoms with Crippen LogP contribution in [0.15, 0.2) is 53.1 Å². The normalized spacial score (nSPS) is 16.0. The Morgan fingerprint density at radius 2 is 1.65 bits per heavy atom. The van der Waals surface area contributed by atoms with Crippen molar-refractivity contribution in [3.8, 4) is 6.07 Å². The van der Waals surface area contributed by atoms with Crippen LogP contribution in [0.1, 0.15) is 52.0 Å². The summed E-state index contributed by atoms with van der Waals surface area (Å²) < 4.78 is 41.4. The quantitative estimate of drug-likeness (QED) is 0.245. The molecule has 0 atom stereocenters. The van der Waals surface area contributed by atoms with E-state index in [1.165, 1.54) is 12.1 Å². The fourth-order valence-electron chi connectivity index (χ4n) is 3.81. The van der Waals surface area contributed by atoms with Gasteiger partial charge >= 0.3 is 6.18 Å². The molecule has 0 saturated carbocycles. The third kappa shape index (κ3) is 6.37. The summed E-state index contributed by atoms with van der Waals surface area (Å²) in [6, 6.07) is 8.86. The van der Waals surface area contributed by atoms with Gasteiger partial charge in [-0.1, -0.05) is 50.5 Å². The first-order valence-electron chi connectivity index (χ1n) is 11.5. The number of hydrogen-bond donors (Lipinski definition) is 0. The van der Waals surface area contributed by atoms with Crippen LogP contribution in [0.4, 0.5) is 18.9 Å². The van der Waals surface area contributed by atoms with E-state index in [1.807, 2.05) is 45.0 Å². The number of benzene rings is 1. The number of anilines is 1. The molecule has 0 radical (unpaired) electrons. The Bertz CT molecular complexity index is 1010. The summed E-state index contributed by atoms with van der Waals surface area (Å²) in [5, 5.41) is 9.33. The predicted molar refractivity (Wildman–Crippen MR) is 127 cm³/mol. The highest BCUT2D eigenvalue weighted by atomic mass is 19.4. The van der Waals surface area contributed by atoms with Crippen LogP contribution in [-0.2, 0) is 9.59 Å². The first-order chi connectivity index (χ1) is 16.2. The molecule has 0 unspecified atom stereocenters. The van der Waals surface area contributed by atoms with Crippen LogP contribution in [-0.4, -0.2) is 42.5 Å². The lowest BCUT2D eigenvalue weighted by Gasteiger charge is -2.29. The van der Waals surface area contributed by atoms with E-state index < -0.39 is 34.7 Å². The predicted octanol–water partition coefficient (Wildman–Crippen LogP) is 5.80. The lowest BCUT2D eigenvalue weighted by molar-refractivity contribution is -0.143. The van der Waals surface area contributed by atoms with Crippen LogP contribution in [0, 0.1) is 11.3 Å². The van der Waals surface area contributed by atoms with Crippen molar-refractivity contribution in [3.05, 3.63) is 58.7 Å². The SMILES string of the molecule is CCCCCCN1C(=O)C(C#N)=C(C(F)(F)F)/C(=C/C=C/c2ccc(N(CC)CC)cc2)C1=O. The van der Waals surface area contributed by atoms with Crippen molar-refractivity contribution in [2.75, 3.05) is 24.5 Å². The summed E-state index contributed by atoms with van der Waals surface area (Å²) in [5.74, 6) is -2.22. The van der Waals surface area contributed by atoms with E-state index >= 15 is 0 Å². The van der Waals surface area contributed by atoms with Crippen molar-refractivity contribution < 1.29 is 22.8 Å². The fraction of sp³-hybridized carbons (Fsp3) is 0.423. The maximum absolute atomic E-state index is 13.8. The molecule has 0 N–H and O–H groups in total. The summed E-state index contributed by atoms with van der Waals surface area (Å²) in [6.45, 7) is 7.76. The molecule has 0 aromatic heterocycles. The summed E-state index contributed by atoms with van der Waals surface area (Å²) >= 11 is 0. The van der Waals surface area contributed by atoms with Gasteiger partial charge in [-0.25, -0.2) is 0 Å². The number of halogens is 3. The van der Waals surface area contributed by atoms with Crippen LogP contribution in [0.3, 0.4) is 0 Å². The van der Waals surface area contributed by atoms with Crippen LogP contribution in [0.25, 0.3) is 6.08 Å². The molecule has 1 aliphatic heterocycles. The number of allylic oxidation sites excluding steroid dienone is 2. The summed E-state index contributed by atoms with van der Waals surface area (Å²) in [4.78, 5) is 28.4. The highest BCUT2D eigenvalue weighted by molar-refractivity contribution is 6.18. The van der Waals surface area contributed by atoms with E-state index in [1.54, 1.807) is 6.08 Å². The minimum Gasteiger partial charge on any atom is -0.372 e. The van der Waals surface area contributed by atoms with Gasteiger partial charge in [0.1, 0.15) is 11.6 Å². The van der Waals surface area contributed by atoms with Crippen LogP contribution in [0.2, 0.25) is 0 Å². The first-order valence-corrected chi connectivity index (χ1v) is 11.5. The number of carbonyl (C=O) groups is 2. The Kier molecular flexibility index (Phi) is 9.67. The van der Waals surface area contributed by atoms with Gasteiger partial charge in [0.2, 0.25) is 0 Å². The molecule has 1 aromatic rings. The van der Waals surface area contributed by atoms with Crippen molar-refractivity contribution in [1.29, 1.82) is 5.26 Å². The molecule has 0 fully saturated rings. The highest BCUT2D eigenvalue weighted by Gasteiger charge is 2.48. The third-order valence-electron chi connectivity index (χ3n) is 5.66. The molecule has 0 saturated heterocycles. The summed E-state index contributed by atoms with van der Waals surface area (Å²) in [5.41, 5.74) is -1.46. The van der Waals surface area contributed by atoms with Crippen LogP contribution in [0.5, 0.6) is 0 Å². The van der Waals surface area contributed by atoms with Gasteiger partial charge in [0, 0.05) is 25.3 Å². The maximum atomic E-state index is 13.8. The van der Waals surface area contributed by atoms with Crippen molar-refractivity contribution in [2.24, 2.45) is 0 Å². The molecular formula is C26H30F3N3O2. The number of nitrogens with zero attached hydrogens (tertiary/aromatic N) is 3. The Morgan fingerprint density at radius 3 is 2.18 bits per heavy atom. The van der Waals surface area contributed by atoms with E-state index in [9.17, 15) is 28.0 Å². The van der Waals surface area contributed by atoms with E-state index in [4.69, 9.17) is 0 Å². The molecule has 0 aliphatic carbocycles. The molecule has 8 heteroatoms. The van der Waals surface area contributed by atoms with Gasteiger partial charge in [-0.2, -0.15) is 18.4 Å². The topological polar surface area (TPSA) is 64.4 Å². The second-order valence-corrected chi connectivity index (χ2v) is 7.89. The molecule has 182 valence electrons. The Balaban J connectivity index is 2.40. The van der Waals surface area contributed by atoms with Gasteiger partial charge in [0.15, 0.2) is 0 Å². The minimum absolute atomic E-state index is 0.0259. The largest absolute Gasteiger partial charge is 0.418 e. The Morgan fingerprint density at radius 1 is 1.00 bits per heavy atom. The highest BCUT2D eigenvalue weighted by Crippen LogP contribution is 2.38. The molecule has 1 aromatic carbocycles. The number of rotatable bonds is 10. The average molecular weight is 474 g/mol. The number of nitriles is 1. The molecule has 34 heavy (non-hydrogen) atoms. The summed E-state index contributed by atoms with van der Waals surface area (Å²) in [6.07, 6.45) is 1.93. The van der Waals surface area contributed by atoms with Crippen molar-refractivity contribution in [1.82, 2.24) is 4.90 Å². The maximum Gasteiger partial charge on any atom is 0.418 e. The molecule has 1 aliphatic rings. The zero-order chi connectivity index (χ0) is 25.3. The van der Waals surface area contributed by atoms with Gasteiger partial charge in [0.25, 0.3) is 11.8 Å². The standard InChI is InChI=1S/C26H30F3N3O2/c1-4-7-8-9-17-32-24(33)21(23(26(27,28)29)22(18-30)25(32)34)12-10-11-19-13-15-20(16-14-19)31(5-2)6-3/h10-16H,4-9,17H2,1-3H3/b11-10+,21-12-. The molecular weight excluding hydrogens is 443 g/mol. The van der Waals surface area contributed by atoms with Gasteiger partial charge in [-0.3, -0.25) is 14.5 Å². The third-order valence-corrected chi connectivity index (χ3v) is 5.66. The zero-order valence-electron chi connectivity index (χ0n) is 19.8. The molecule has 5 nitrogen and oxygen atoms in total. The first kappa shape index (κ1) is 26.9. The van der Waals surface area contributed by atoms with Crippen molar-refractivity contribution in [2.45, 2.75) is 52.6 Å². The molecule has 2 rings (SSSR count). The smallest absolute Gasteiger partial charge is 0.372 e. The van der Waals surface area contributed by atoms with Gasteiger partial charge in [-0.05, 0) is 44.0 Å². The number of alkyl halides is 3. The van der Waals surface area contributed by atoms with Crippen LogP contribution < -0.4 is 4.90 Å². The van der Waals surface area contributed by atoms with E-state index in [0.29, 0.717) is 6.42 Å². The number of imide groups is 1. The second-order valence-electron chi connectivity index (χ2n) is 7.89. The summed E-state index contributed by atoms with van der Waals surface area (Å²) in [7, 11) is 0. The molecule has 2 amide bonds. The van der Waals surface area contributed by atoms with Gasteiger partial charge < -0.3 is 4.90 Å².